The molecule has 0 saturated heterocycles. The summed E-state index contributed by atoms with van der Waals surface area (Å²) < 4.78 is 5.62. The molecule has 1 aliphatic rings. The Kier molecular flexibility index (Phi) is 3.20. The van der Waals surface area contributed by atoms with E-state index in [4.69, 9.17) is 10.5 Å². The van der Waals surface area contributed by atoms with Crippen molar-refractivity contribution in [2.75, 3.05) is 11.1 Å². The summed E-state index contributed by atoms with van der Waals surface area (Å²) >= 11 is 0. The van der Waals surface area contributed by atoms with Crippen molar-refractivity contribution in [1.82, 2.24) is 9.97 Å². The number of carbonyl (C=O) groups is 1. The van der Waals surface area contributed by atoms with Gasteiger partial charge in [-0.15, -0.1) is 0 Å². The van der Waals surface area contributed by atoms with Gasteiger partial charge in [0.1, 0.15) is 23.1 Å². The zero-order valence-corrected chi connectivity index (χ0v) is 10.7. The fourth-order valence-electron chi connectivity index (χ4n) is 1.71. The Bertz CT molecular complexity index is 623. The van der Waals surface area contributed by atoms with Crippen LogP contribution in [-0.4, -0.2) is 15.9 Å². The summed E-state index contributed by atoms with van der Waals surface area (Å²) in [4.78, 5) is 19.7. The minimum absolute atomic E-state index is 0.0174. The third kappa shape index (κ3) is 3.03. The van der Waals surface area contributed by atoms with Gasteiger partial charge in [0, 0.05) is 18.2 Å². The van der Waals surface area contributed by atoms with Crippen molar-refractivity contribution in [3.63, 3.8) is 0 Å². The molecule has 6 nitrogen and oxygen atoms in total. The van der Waals surface area contributed by atoms with Gasteiger partial charge >= 0.3 is 0 Å². The first-order valence-electron chi connectivity index (χ1n) is 6.37. The fraction of sp³-hybridized carbons (Fsp3) is 0.214. The highest BCUT2D eigenvalue weighted by Gasteiger charge is 2.29. The molecule has 0 unspecified atom stereocenters. The number of nitrogens with one attached hydrogen (secondary N) is 1. The molecule has 3 rings (SSSR count). The number of amides is 1. The van der Waals surface area contributed by atoms with Crippen LogP contribution in [0.1, 0.15) is 12.8 Å². The van der Waals surface area contributed by atoms with E-state index in [1.807, 2.05) is 0 Å². The molecule has 2 heterocycles. The SMILES string of the molecule is Nc1ccc(Oc2ccnc(NC(=O)C3CC3)c2)cn1. The normalized spacial score (nSPS) is 13.8. The standard InChI is InChI=1S/C14H14N4O2/c15-12-4-3-11(8-17-12)20-10-5-6-16-13(7-10)18-14(19)9-1-2-9/h3-9H,1-2H2,(H2,15,17)(H,16,18,19). The van der Waals surface area contributed by atoms with Crippen molar-refractivity contribution in [2.24, 2.45) is 5.92 Å². The Labute approximate surface area is 116 Å². The van der Waals surface area contributed by atoms with Gasteiger partial charge in [0.15, 0.2) is 0 Å². The lowest BCUT2D eigenvalue weighted by Crippen LogP contribution is -2.14. The van der Waals surface area contributed by atoms with Gasteiger partial charge in [0.2, 0.25) is 5.91 Å². The van der Waals surface area contributed by atoms with Crippen LogP contribution in [0.5, 0.6) is 11.5 Å². The highest BCUT2D eigenvalue weighted by Crippen LogP contribution is 2.30. The summed E-state index contributed by atoms with van der Waals surface area (Å²) in [5, 5.41) is 2.77. The average molecular weight is 270 g/mol. The van der Waals surface area contributed by atoms with E-state index in [9.17, 15) is 4.79 Å². The molecular weight excluding hydrogens is 256 g/mol. The molecule has 0 aliphatic heterocycles. The predicted octanol–water partition coefficient (Wildman–Crippen LogP) is 2.20. The second kappa shape index (κ2) is 5.16. The van der Waals surface area contributed by atoms with Gasteiger partial charge < -0.3 is 15.8 Å². The minimum Gasteiger partial charge on any atom is -0.456 e. The van der Waals surface area contributed by atoms with Crippen LogP contribution in [0.25, 0.3) is 0 Å². The summed E-state index contributed by atoms with van der Waals surface area (Å²) in [6.07, 6.45) is 5.04. The monoisotopic (exact) mass is 270 g/mol. The molecule has 1 saturated carbocycles. The van der Waals surface area contributed by atoms with E-state index in [1.54, 1.807) is 30.5 Å². The van der Waals surface area contributed by atoms with Gasteiger partial charge in [0.05, 0.1) is 6.20 Å². The zero-order chi connectivity index (χ0) is 13.9. The van der Waals surface area contributed by atoms with E-state index in [0.717, 1.165) is 12.8 Å². The number of ether oxygens (including phenoxy) is 1. The lowest BCUT2D eigenvalue weighted by atomic mass is 10.3. The Hall–Kier alpha value is -2.63. The van der Waals surface area contributed by atoms with Crippen molar-refractivity contribution < 1.29 is 9.53 Å². The van der Waals surface area contributed by atoms with E-state index in [2.05, 4.69) is 15.3 Å². The molecule has 102 valence electrons. The van der Waals surface area contributed by atoms with Crippen LogP contribution in [0.3, 0.4) is 0 Å². The second-order valence-electron chi connectivity index (χ2n) is 4.66. The summed E-state index contributed by atoms with van der Waals surface area (Å²) in [6, 6.07) is 6.78. The van der Waals surface area contributed by atoms with Gasteiger partial charge in [-0.1, -0.05) is 0 Å². The number of hydrogen-bond donors (Lipinski definition) is 2. The van der Waals surface area contributed by atoms with Crippen LogP contribution in [-0.2, 0) is 4.79 Å². The molecule has 1 fully saturated rings. The molecule has 0 bridgehead atoms. The number of rotatable bonds is 4. The maximum absolute atomic E-state index is 11.7. The van der Waals surface area contributed by atoms with Crippen molar-refractivity contribution >= 4 is 17.5 Å². The molecule has 2 aromatic heterocycles. The molecule has 1 amide bonds. The lowest BCUT2D eigenvalue weighted by Gasteiger charge is -2.07. The first kappa shape index (κ1) is 12.4. The molecular formula is C14H14N4O2. The topological polar surface area (TPSA) is 90.1 Å². The van der Waals surface area contributed by atoms with E-state index in [1.165, 1.54) is 6.20 Å². The largest absolute Gasteiger partial charge is 0.456 e. The number of pyridine rings is 2. The third-order valence-corrected chi connectivity index (χ3v) is 2.93. The van der Waals surface area contributed by atoms with E-state index in [0.29, 0.717) is 23.1 Å². The lowest BCUT2D eigenvalue weighted by molar-refractivity contribution is -0.117. The second-order valence-corrected chi connectivity index (χ2v) is 4.66. The Balaban J connectivity index is 1.70. The molecule has 0 spiro atoms. The predicted molar refractivity (Wildman–Crippen MR) is 74.3 cm³/mol. The summed E-state index contributed by atoms with van der Waals surface area (Å²) in [5.74, 6) is 2.24. The van der Waals surface area contributed by atoms with E-state index >= 15 is 0 Å². The van der Waals surface area contributed by atoms with Crippen molar-refractivity contribution in [3.05, 3.63) is 36.7 Å². The zero-order valence-electron chi connectivity index (χ0n) is 10.7. The van der Waals surface area contributed by atoms with Gasteiger partial charge in [-0.25, -0.2) is 9.97 Å². The molecule has 1 aliphatic carbocycles. The van der Waals surface area contributed by atoms with Crippen molar-refractivity contribution in [2.45, 2.75) is 12.8 Å². The fourth-order valence-corrected chi connectivity index (χ4v) is 1.71. The Morgan fingerprint density at radius 3 is 2.80 bits per heavy atom. The number of nitrogen functional groups attached to an aromatic ring is 1. The minimum atomic E-state index is 0.0174. The molecule has 3 N–H and O–H groups in total. The van der Waals surface area contributed by atoms with E-state index in [-0.39, 0.29) is 11.8 Å². The van der Waals surface area contributed by atoms with E-state index < -0.39 is 0 Å². The van der Waals surface area contributed by atoms with Crippen LogP contribution in [0.15, 0.2) is 36.7 Å². The van der Waals surface area contributed by atoms with Crippen LogP contribution >= 0.6 is 0 Å². The van der Waals surface area contributed by atoms with Gasteiger partial charge in [0.25, 0.3) is 0 Å². The Morgan fingerprint density at radius 2 is 2.10 bits per heavy atom. The number of nitrogens with zero attached hydrogens (tertiary/aromatic N) is 2. The van der Waals surface area contributed by atoms with Gasteiger partial charge in [-0.3, -0.25) is 4.79 Å². The van der Waals surface area contributed by atoms with Crippen molar-refractivity contribution in [1.29, 1.82) is 0 Å². The smallest absolute Gasteiger partial charge is 0.228 e. The summed E-state index contributed by atoms with van der Waals surface area (Å²) in [6.45, 7) is 0. The van der Waals surface area contributed by atoms with Crippen LogP contribution in [0.4, 0.5) is 11.6 Å². The van der Waals surface area contributed by atoms with Crippen LogP contribution in [0, 0.1) is 5.92 Å². The van der Waals surface area contributed by atoms with Crippen LogP contribution < -0.4 is 15.8 Å². The van der Waals surface area contributed by atoms with Gasteiger partial charge in [-0.2, -0.15) is 0 Å². The number of hydrogen-bond acceptors (Lipinski definition) is 5. The maximum atomic E-state index is 11.7. The molecule has 0 atom stereocenters. The molecule has 6 heteroatoms. The highest BCUT2D eigenvalue weighted by atomic mass is 16.5. The number of nitrogens with two attached hydrogens (primary N) is 1. The van der Waals surface area contributed by atoms with Crippen LogP contribution in [0.2, 0.25) is 0 Å². The quantitative estimate of drug-likeness (QED) is 0.888. The van der Waals surface area contributed by atoms with Crippen molar-refractivity contribution in [3.8, 4) is 11.5 Å². The Morgan fingerprint density at radius 1 is 1.25 bits per heavy atom. The molecule has 2 aromatic rings. The first-order chi connectivity index (χ1) is 9.70. The van der Waals surface area contributed by atoms with Gasteiger partial charge in [-0.05, 0) is 31.0 Å². The highest BCUT2D eigenvalue weighted by molar-refractivity contribution is 5.93. The summed E-state index contributed by atoms with van der Waals surface area (Å²) in [5.41, 5.74) is 5.51. The molecule has 0 aromatic carbocycles. The third-order valence-electron chi connectivity index (χ3n) is 2.93. The first-order valence-corrected chi connectivity index (χ1v) is 6.37. The average Bonchev–Trinajstić information content (AvgIpc) is 3.26. The maximum Gasteiger partial charge on any atom is 0.228 e. The molecule has 20 heavy (non-hydrogen) atoms. The molecule has 0 radical (unpaired) electrons. The number of aromatic nitrogens is 2. The summed E-state index contributed by atoms with van der Waals surface area (Å²) in [7, 11) is 0. The number of anilines is 2. The number of carbonyl (C=O) groups excluding carboxylic acids is 1.